The fourth-order valence-electron chi connectivity index (χ4n) is 1.74. The quantitative estimate of drug-likeness (QED) is 0.419. The van der Waals surface area contributed by atoms with Gasteiger partial charge in [0.1, 0.15) is 0 Å². The van der Waals surface area contributed by atoms with Gasteiger partial charge in [-0.1, -0.05) is 26.7 Å². The molecule has 0 bridgehead atoms. The van der Waals surface area contributed by atoms with Gasteiger partial charge in [-0.25, -0.2) is 9.13 Å². The summed E-state index contributed by atoms with van der Waals surface area (Å²) in [6.45, 7) is 5.45. The summed E-state index contributed by atoms with van der Waals surface area (Å²) in [7, 11) is -9.92. The van der Waals surface area contributed by atoms with Crippen molar-refractivity contribution in [1.29, 1.82) is 0 Å². The van der Waals surface area contributed by atoms with Gasteiger partial charge >= 0.3 is 15.5 Å². The Labute approximate surface area is 120 Å². The second-order valence-corrected chi connectivity index (χ2v) is 8.01. The molecule has 0 rings (SSSR count). The highest BCUT2D eigenvalue weighted by molar-refractivity contribution is 7.65. The van der Waals surface area contributed by atoms with E-state index in [4.69, 9.17) is 19.6 Å². The highest BCUT2D eigenvalue weighted by Crippen LogP contribution is 2.57. The topological polar surface area (TPSA) is 122 Å². The van der Waals surface area contributed by atoms with Gasteiger partial charge in [0, 0.05) is 13.1 Å². The highest BCUT2D eigenvalue weighted by Gasteiger charge is 2.39. The summed E-state index contributed by atoms with van der Waals surface area (Å²) in [6, 6.07) is 0. The fraction of sp³-hybridized carbons (Fsp3) is 1.00. The monoisotopic (exact) mass is 332 g/mol. The van der Waals surface area contributed by atoms with Crippen LogP contribution in [0.4, 0.5) is 0 Å². The molecule has 122 valence electrons. The molecule has 0 aromatic heterocycles. The van der Waals surface area contributed by atoms with Crippen molar-refractivity contribution >= 4 is 15.5 Å². The van der Waals surface area contributed by atoms with Crippen LogP contribution in [-0.4, -0.2) is 55.1 Å². The van der Waals surface area contributed by atoms with Crippen molar-refractivity contribution in [2.24, 2.45) is 0 Å². The first-order valence-electron chi connectivity index (χ1n) is 6.74. The lowest BCUT2D eigenvalue weighted by molar-refractivity contribution is 0.225. The van der Waals surface area contributed by atoms with E-state index >= 15 is 0 Å². The molecule has 20 heavy (non-hydrogen) atoms. The Morgan fingerprint density at radius 3 is 1.45 bits per heavy atom. The third-order valence-electron chi connectivity index (χ3n) is 2.87. The molecule has 0 aromatic rings. The van der Waals surface area contributed by atoms with E-state index in [0.717, 1.165) is 38.8 Å². The van der Waals surface area contributed by atoms with Crippen molar-refractivity contribution in [2.45, 2.75) is 39.5 Å². The van der Waals surface area contributed by atoms with E-state index in [0.29, 0.717) is 0 Å². The van der Waals surface area contributed by atoms with Crippen molar-refractivity contribution in [2.75, 3.05) is 26.2 Å². The third-order valence-corrected chi connectivity index (χ3v) is 5.87. The van der Waals surface area contributed by atoms with E-state index in [1.54, 1.807) is 0 Å². The average Bonchev–Trinajstić information content (AvgIpc) is 2.28. The Hall–Kier alpha value is 0.220. The molecule has 0 fully saturated rings. The van der Waals surface area contributed by atoms with Crippen LogP contribution in [-0.2, 0) is 9.13 Å². The minimum absolute atomic E-state index is 0.0229. The molecule has 0 saturated carbocycles. The van der Waals surface area contributed by atoms with Gasteiger partial charge in [0.2, 0.25) is 0 Å². The third kappa shape index (κ3) is 8.49. The van der Waals surface area contributed by atoms with Crippen molar-refractivity contribution in [1.82, 2.24) is 9.34 Å². The van der Waals surface area contributed by atoms with Crippen LogP contribution in [0.5, 0.6) is 0 Å². The molecule has 4 N–H and O–H groups in total. The number of unbranched alkanes of at least 4 members (excludes halogenated alkanes) is 2. The van der Waals surface area contributed by atoms with Crippen LogP contribution in [0.25, 0.3) is 0 Å². The Bertz CT molecular complexity index is 326. The first-order valence-corrected chi connectivity index (χ1v) is 9.87. The van der Waals surface area contributed by atoms with Gasteiger partial charge in [-0.3, -0.25) is 0 Å². The van der Waals surface area contributed by atoms with Crippen LogP contribution in [0.3, 0.4) is 0 Å². The average molecular weight is 332 g/mol. The summed E-state index contributed by atoms with van der Waals surface area (Å²) in [5.74, 6) is 0. The van der Waals surface area contributed by atoms with Crippen LogP contribution in [0, 0.1) is 0 Å². The summed E-state index contributed by atoms with van der Waals surface area (Å²) < 4.78 is 22.2. The second kappa shape index (κ2) is 9.28. The zero-order chi connectivity index (χ0) is 15.8. The first-order chi connectivity index (χ1) is 9.12. The van der Waals surface area contributed by atoms with Gasteiger partial charge in [0.25, 0.3) is 0 Å². The molecule has 0 unspecified atom stereocenters. The Kier molecular flexibility index (Phi) is 9.38. The van der Waals surface area contributed by atoms with E-state index in [9.17, 15) is 9.13 Å². The molecule has 0 aromatic carbocycles. The molecule has 0 spiro atoms. The number of hydrogen-bond acceptors (Lipinski definition) is 3. The van der Waals surface area contributed by atoms with Crippen LogP contribution in [0.1, 0.15) is 39.5 Å². The summed E-state index contributed by atoms with van der Waals surface area (Å²) in [5.41, 5.74) is 0. The predicted octanol–water partition coefficient (Wildman–Crippen LogP) is 1.38. The van der Waals surface area contributed by atoms with Crippen LogP contribution >= 0.6 is 15.5 Å². The molecule has 8 nitrogen and oxygen atoms in total. The molecular formula is C10H26N2O6P2. The minimum Gasteiger partial charge on any atom is -0.312 e. The molecule has 0 heterocycles. The standard InChI is InChI=1S/C10H26N2O6P2/c1-3-5-7-11(8-6-4-2)9-10-12(19(13,14)15)20(16,17)18/h3-10H2,1-2H3,(H2,13,14,15)(H2,16,17,18). The minimum atomic E-state index is -4.96. The van der Waals surface area contributed by atoms with Gasteiger partial charge in [-0.2, -0.15) is 0 Å². The summed E-state index contributed by atoms with van der Waals surface area (Å²) in [4.78, 5) is 38.0. The lowest BCUT2D eigenvalue weighted by Gasteiger charge is -2.27. The highest BCUT2D eigenvalue weighted by atomic mass is 31.3. The fourth-order valence-corrected chi connectivity index (χ4v) is 3.66. The van der Waals surface area contributed by atoms with E-state index in [2.05, 4.69) is 0 Å². The molecule has 0 saturated heterocycles. The lowest BCUT2D eigenvalue weighted by atomic mass is 10.2. The SMILES string of the molecule is CCCCN(CCCC)CCN(P(=O)(O)O)P(=O)(O)O. The zero-order valence-electron chi connectivity index (χ0n) is 12.1. The van der Waals surface area contributed by atoms with Gasteiger partial charge in [-0.15, -0.1) is 4.44 Å². The van der Waals surface area contributed by atoms with E-state index in [1.165, 1.54) is 0 Å². The van der Waals surface area contributed by atoms with Crippen molar-refractivity contribution in [3.8, 4) is 0 Å². The van der Waals surface area contributed by atoms with E-state index in [-0.39, 0.29) is 17.5 Å². The summed E-state index contributed by atoms with van der Waals surface area (Å²) in [6.07, 6.45) is 3.86. The van der Waals surface area contributed by atoms with Crippen LogP contribution in [0.2, 0.25) is 0 Å². The number of nitrogens with zero attached hydrogens (tertiary/aromatic N) is 2. The normalized spacial score (nSPS) is 13.4. The second-order valence-electron chi connectivity index (χ2n) is 4.67. The van der Waals surface area contributed by atoms with Gasteiger partial charge in [0.05, 0.1) is 0 Å². The molecular weight excluding hydrogens is 306 g/mol. The van der Waals surface area contributed by atoms with Gasteiger partial charge in [0.15, 0.2) is 0 Å². The smallest absolute Gasteiger partial charge is 0.312 e. The molecule has 0 atom stereocenters. The van der Waals surface area contributed by atoms with Crippen molar-refractivity contribution in [3.05, 3.63) is 0 Å². The lowest BCUT2D eigenvalue weighted by Crippen LogP contribution is -2.34. The zero-order valence-corrected chi connectivity index (χ0v) is 13.8. The molecule has 0 aliphatic rings. The predicted molar refractivity (Wildman–Crippen MR) is 77.1 cm³/mol. The van der Waals surface area contributed by atoms with Crippen molar-refractivity contribution < 1.29 is 28.7 Å². The van der Waals surface area contributed by atoms with E-state index < -0.39 is 15.5 Å². The maximum absolute atomic E-state index is 11.1. The Balaban J connectivity index is 4.61. The maximum Gasteiger partial charge on any atom is 0.412 e. The van der Waals surface area contributed by atoms with Gasteiger partial charge in [-0.05, 0) is 25.9 Å². The largest absolute Gasteiger partial charge is 0.412 e. The Morgan fingerprint density at radius 1 is 0.750 bits per heavy atom. The number of rotatable bonds is 11. The Morgan fingerprint density at radius 2 is 1.15 bits per heavy atom. The molecule has 10 heteroatoms. The molecule has 0 radical (unpaired) electrons. The van der Waals surface area contributed by atoms with E-state index in [1.807, 2.05) is 18.7 Å². The van der Waals surface area contributed by atoms with Gasteiger partial charge < -0.3 is 24.5 Å². The maximum atomic E-state index is 11.1. The van der Waals surface area contributed by atoms with Crippen molar-refractivity contribution in [3.63, 3.8) is 0 Å². The summed E-state index contributed by atoms with van der Waals surface area (Å²) in [5, 5.41) is 0. The van der Waals surface area contributed by atoms with Crippen LogP contribution in [0.15, 0.2) is 0 Å². The molecule has 0 amide bonds. The molecule has 0 aliphatic heterocycles. The summed E-state index contributed by atoms with van der Waals surface area (Å²) >= 11 is 0. The molecule has 0 aliphatic carbocycles. The first kappa shape index (κ1) is 20.2. The van der Waals surface area contributed by atoms with Crippen LogP contribution < -0.4 is 0 Å². The number of hydrogen-bond donors (Lipinski definition) is 4.